The normalized spacial score (nSPS) is 12.9. The molecule has 5 nitrogen and oxygen atoms in total. The number of carbonyl (C=O) groups is 2. The molecule has 0 spiro atoms. The number of ether oxygens (including phenoxy) is 1. The minimum atomic E-state index is -1.29. The van der Waals surface area contributed by atoms with Crippen molar-refractivity contribution < 1.29 is 24.5 Å². The van der Waals surface area contributed by atoms with Gasteiger partial charge in [-0.25, -0.2) is 0 Å². The van der Waals surface area contributed by atoms with E-state index in [1.165, 1.54) is 7.11 Å². The third kappa shape index (κ3) is 6.19. The second kappa shape index (κ2) is 8.91. The fourth-order valence-corrected chi connectivity index (χ4v) is 1.13. The molecule has 94 valence electrons. The van der Waals surface area contributed by atoms with Crippen LogP contribution in [0.25, 0.3) is 0 Å². The third-order valence-corrected chi connectivity index (χ3v) is 2.04. The molecular formula is C11H20O5. The van der Waals surface area contributed by atoms with Gasteiger partial charge in [0.15, 0.2) is 0 Å². The van der Waals surface area contributed by atoms with Crippen molar-refractivity contribution >= 4 is 11.9 Å². The summed E-state index contributed by atoms with van der Waals surface area (Å²) in [6.07, 6.45) is 1.58. The van der Waals surface area contributed by atoms with Crippen molar-refractivity contribution in [3.8, 4) is 0 Å². The van der Waals surface area contributed by atoms with Crippen molar-refractivity contribution in [3.63, 3.8) is 0 Å². The van der Waals surface area contributed by atoms with Gasteiger partial charge in [0.2, 0.25) is 0 Å². The van der Waals surface area contributed by atoms with Crippen LogP contribution in [-0.4, -0.2) is 35.9 Å². The first-order valence-electron chi connectivity index (χ1n) is 4.91. The SMILES string of the molecule is C=CC.CCC(COC)(CC(=O)O)C(=O)O. The first-order chi connectivity index (χ1) is 7.40. The van der Waals surface area contributed by atoms with Gasteiger partial charge >= 0.3 is 11.9 Å². The Kier molecular flexibility index (Phi) is 9.49. The molecule has 0 aliphatic carbocycles. The van der Waals surface area contributed by atoms with E-state index in [1.54, 1.807) is 13.0 Å². The molecule has 0 saturated carbocycles. The van der Waals surface area contributed by atoms with Crippen molar-refractivity contribution in [2.45, 2.75) is 26.7 Å². The quantitative estimate of drug-likeness (QED) is 0.682. The van der Waals surface area contributed by atoms with Crippen LogP contribution in [0.1, 0.15) is 26.7 Å². The number of carboxylic acids is 2. The highest BCUT2D eigenvalue weighted by Crippen LogP contribution is 2.27. The molecule has 16 heavy (non-hydrogen) atoms. The Labute approximate surface area is 95.7 Å². The van der Waals surface area contributed by atoms with Gasteiger partial charge in [-0.3, -0.25) is 9.59 Å². The minimum absolute atomic E-state index is 0.0782. The summed E-state index contributed by atoms with van der Waals surface area (Å²) < 4.78 is 4.72. The van der Waals surface area contributed by atoms with Gasteiger partial charge in [-0.05, 0) is 13.3 Å². The topological polar surface area (TPSA) is 83.8 Å². The first kappa shape index (κ1) is 17.0. The maximum Gasteiger partial charge on any atom is 0.312 e. The van der Waals surface area contributed by atoms with Crippen molar-refractivity contribution in [1.82, 2.24) is 0 Å². The zero-order chi connectivity index (χ0) is 13.2. The summed E-state index contributed by atoms with van der Waals surface area (Å²) in [4.78, 5) is 21.3. The maximum atomic E-state index is 10.8. The van der Waals surface area contributed by atoms with Gasteiger partial charge in [0.05, 0.1) is 13.0 Å². The number of aliphatic carboxylic acids is 2. The molecule has 0 bridgehead atoms. The molecule has 1 atom stereocenters. The van der Waals surface area contributed by atoms with Crippen molar-refractivity contribution in [2.24, 2.45) is 5.41 Å². The van der Waals surface area contributed by atoms with Crippen LogP contribution in [0.15, 0.2) is 12.7 Å². The minimum Gasteiger partial charge on any atom is -0.481 e. The second-order valence-electron chi connectivity index (χ2n) is 3.35. The molecule has 2 N–H and O–H groups in total. The number of allylic oxidation sites excluding steroid dienone is 1. The van der Waals surface area contributed by atoms with Crippen LogP contribution in [0.2, 0.25) is 0 Å². The number of rotatable bonds is 6. The molecular weight excluding hydrogens is 212 g/mol. The van der Waals surface area contributed by atoms with E-state index in [0.717, 1.165) is 0 Å². The molecule has 0 aliphatic heterocycles. The summed E-state index contributed by atoms with van der Waals surface area (Å²) in [7, 11) is 1.36. The van der Waals surface area contributed by atoms with Gasteiger partial charge in [0.25, 0.3) is 0 Å². The second-order valence-corrected chi connectivity index (χ2v) is 3.35. The Bertz CT molecular complexity index is 237. The molecule has 0 amide bonds. The Morgan fingerprint density at radius 3 is 2.06 bits per heavy atom. The lowest BCUT2D eigenvalue weighted by atomic mass is 9.83. The lowest BCUT2D eigenvalue weighted by Gasteiger charge is -2.24. The van der Waals surface area contributed by atoms with Crippen LogP contribution >= 0.6 is 0 Å². The van der Waals surface area contributed by atoms with Crippen LogP contribution in [0.4, 0.5) is 0 Å². The van der Waals surface area contributed by atoms with E-state index in [-0.39, 0.29) is 13.0 Å². The predicted octanol–water partition coefficient (Wildman–Crippen LogP) is 1.78. The maximum absolute atomic E-state index is 10.8. The summed E-state index contributed by atoms with van der Waals surface area (Å²) in [5, 5.41) is 17.4. The van der Waals surface area contributed by atoms with Crippen molar-refractivity contribution in [3.05, 3.63) is 12.7 Å². The highest BCUT2D eigenvalue weighted by Gasteiger charge is 2.39. The summed E-state index contributed by atoms with van der Waals surface area (Å²) in [5.41, 5.74) is -1.29. The van der Waals surface area contributed by atoms with E-state index >= 15 is 0 Å². The molecule has 0 heterocycles. The zero-order valence-electron chi connectivity index (χ0n) is 10.0. The summed E-state index contributed by atoms with van der Waals surface area (Å²) in [6, 6.07) is 0. The highest BCUT2D eigenvalue weighted by atomic mass is 16.5. The molecule has 0 aromatic carbocycles. The fourth-order valence-electron chi connectivity index (χ4n) is 1.13. The average molecular weight is 232 g/mol. The summed E-state index contributed by atoms with van der Waals surface area (Å²) >= 11 is 0. The molecule has 0 radical (unpaired) electrons. The summed E-state index contributed by atoms with van der Waals surface area (Å²) in [5.74, 6) is -2.25. The number of carboxylic acid groups (broad SMARTS) is 2. The van der Waals surface area contributed by atoms with E-state index < -0.39 is 23.8 Å². The summed E-state index contributed by atoms with van der Waals surface area (Å²) in [6.45, 7) is 6.81. The van der Waals surface area contributed by atoms with Gasteiger partial charge in [0.1, 0.15) is 5.41 Å². The van der Waals surface area contributed by atoms with Crippen molar-refractivity contribution in [2.75, 3.05) is 13.7 Å². The molecule has 0 fully saturated rings. The number of methoxy groups -OCH3 is 1. The molecule has 0 rings (SSSR count). The zero-order valence-corrected chi connectivity index (χ0v) is 10.0. The van der Waals surface area contributed by atoms with E-state index in [2.05, 4.69) is 6.58 Å². The molecule has 5 heteroatoms. The lowest BCUT2D eigenvalue weighted by Crippen LogP contribution is -2.37. The monoisotopic (exact) mass is 232 g/mol. The van der Waals surface area contributed by atoms with Crippen molar-refractivity contribution in [1.29, 1.82) is 0 Å². The standard InChI is InChI=1S/C8H14O5.C3H6/c1-3-8(5-13-2,7(11)12)4-6(9)10;1-3-2/h3-5H2,1-2H3,(H,9,10)(H,11,12);3H,1H2,2H3. The molecule has 0 aromatic rings. The van der Waals surface area contributed by atoms with Gasteiger partial charge in [-0.15, -0.1) is 6.58 Å². The molecule has 0 aliphatic rings. The van der Waals surface area contributed by atoms with E-state index in [1.807, 2.05) is 6.92 Å². The predicted molar refractivity (Wildman–Crippen MR) is 60.4 cm³/mol. The molecule has 1 unspecified atom stereocenters. The number of hydrogen-bond donors (Lipinski definition) is 2. The fraction of sp³-hybridized carbons (Fsp3) is 0.636. The van der Waals surface area contributed by atoms with E-state index in [0.29, 0.717) is 0 Å². The van der Waals surface area contributed by atoms with E-state index in [4.69, 9.17) is 14.9 Å². The Hall–Kier alpha value is -1.36. The van der Waals surface area contributed by atoms with Gasteiger partial charge in [-0.1, -0.05) is 13.0 Å². The van der Waals surface area contributed by atoms with Crippen LogP contribution in [0, 0.1) is 5.41 Å². The van der Waals surface area contributed by atoms with Crippen LogP contribution < -0.4 is 0 Å². The van der Waals surface area contributed by atoms with Gasteiger partial charge in [-0.2, -0.15) is 0 Å². The molecule has 0 saturated heterocycles. The average Bonchev–Trinajstić information content (AvgIpc) is 2.17. The first-order valence-corrected chi connectivity index (χ1v) is 4.91. The van der Waals surface area contributed by atoms with Crippen LogP contribution in [0.3, 0.4) is 0 Å². The van der Waals surface area contributed by atoms with Crippen LogP contribution in [-0.2, 0) is 14.3 Å². The molecule has 0 aromatic heterocycles. The Morgan fingerprint density at radius 1 is 1.44 bits per heavy atom. The smallest absolute Gasteiger partial charge is 0.312 e. The van der Waals surface area contributed by atoms with E-state index in [9.17, 15) is 9.59 Å². The third-order valence-electron chi connectivity index (χ3n) is 2.04. The number of hydrogen-bond acceptors (Lipinski definition) is 3. The van der Waals surface area contributed by atoms with Gasteiger partial charge < -0.3 is 14.9 Å². The Balaban J connectivity index is 0. The largest absolute Gasteiger partial charge is 0.481 e. The highest BCUT2D eigenvalue weighted by molar-refractivity contribution is 5.81. The van der Waals surface area contributed by atoms with Gasteiger partial charge in [0, 0.05) is 7.11 Å². The Morgan fingerprint density at radius 2 is 1.88 bits per heavy atom. The lowest BCUT2D eigenvalue weighted by molar-refractivity contribution is -0.159. The van der Waals surface area contributed by atoms with Crippen LogP contribution in [0.5, 0.6) is 0 Å².